The molecule has 0 amide bonds. The van der Waals surface area contributed by atoms with Crippen molar-refractivity contribution < 1.29 is 29.0 Å². The van der Waals surface area contributed by atoms with E-state index in [0.29, 0.717) is 5.52 Å². The first-order chi connectivity index (χ1) is 24.0. The van der Waals surface area contributed by atoms with Crippen LogP contribution in [0.5, 0.6) is 5.75 Å². The summed E-state index contributed by atoms with van der Waals surface area (Å²) in [6, 6.07) is 51.1. The summed E-state index contributed by atoms with van der Waals surface area (Å²) < 4.78 is 2.43. The topological polar surface area (TPSA) is 42.1 Å². The second-order valence-electron chi connectivity index (χ2n) is 15.1. The molecule has 8 aromatic rings. The van der Waals surface area contributed by atoms with Crippen LogP contribution in [-0.2, 0) is 10.8 Å². The third kappa shape index (κ3) is 6.98. The van der Waals surface area contributed by atoms with Gasteiger partial charge < -0.3 is 9.67 Å². The second-order valence-corrected chi connectivity index (χ2v) is 15.1. The third-order valence-corrected chi connectivity index (χ3v) is 9.44. The average molecular weight is 660 g/mol. The van der Waals surface area contributed by atoms with Crippen LogP contribution < -0.4 is 29.0 Å². The van der Waals surface area contributed by atoms with Gasteiger partial charge in [-0.2, -0.15) is 0 Å². The van der Waals surface area contributed by atoms with Gasteiger partial charge in [-0.3, -0.25) is 0 Å². The Balaban J connectivity index is 0.000000317. The van der Waals surface area contributed by atoms with Gasteiger partial charge in [0.2, 0.25) is 5.52 Å². The van der Waals surface area contributed by atoms with E-state index in [1.54, 1.807) is 18.3 Å². The van der Waals surface area contributed by atoms with Gasteiger partial charge in [-0.15, -0.1) is 0 Å². The quantitative estimate of drug-likeness (QED) is 0.139. The number of nitrogens with zero attached hydrogens (tertiary/aromatic N) is 1. The molecule has 51 heavy (non-hydrogen) atoms. The molecule has 0 aliphatic carbocycles. The first-order valence-corrected chi connectivity index (χ1v) is 17.4. The summed E-state index contributed by atoms with van der Waals surface area (Å²) in [5.74, 6) is 0.0445. The summed E-state index contributed by atoms with van der Waals surface area (Å²) >= 11 is 0. The molecule has 0 unspecified atom stereocenters. The van der Waals surface area contributed by atoms with Crippen molar-refractivity contribution in [3.8, 4) is 34.0 Å². The maximum absolute atomic E-state index is 11.1. The van der Waals surface area contributed by atoms with Gasteiger partial charge in [0, 0.05) is 17.1 Å². The van der Waals surface area contributed by atoms with E-state index in [9.17, 15) is 5.11 Å². The van der Waals surface area contributed by atoms with Crippen molar-refractivity contribution >= 4 is 32.4 Å². The van der Waals surface area contributed by atoms with Gasteiger partial charge in [0.25, 0.3) is 0 Å². The Kier molecular flexibility index (Phi) is 10.0. The predicted octanol–water partition coefficient (Wildman–Crippen LogP) is 8.44. The van der Waals surface area contributed by atoms with E-state index in [4.69, 9.17) is 0 Å². The zero-order valence-corrected chi connectivity index (χ0v) is 30.8. The number of hydrogen-bond acceptors (Lipinski definition) is 1. The molecule has 0 aliphatic heterocycles. The molecule has 0 bridgehead atoms. The second kappa shape index (κ2) is 14.3. The number of aromatic nitrogens is 2. The van der Waals surface area contributed by atoms with E-state index in [1.807, 2.05) is 18.2 Å². The van der Waals surface area contributed by atoms with Crippen molar-refractivity contribution in [2.24, 2.45) is 0 Å². The predicted molar refractivity (Wildman–Crippen MR) is 209 cm³/mol. The Labute approximate surface area is 313 Å². The van der Waals surface area contributed by atoms with Crippen LogP contribution in [0.3, 0.4) is 0 Å². The third-order valence-electron chi connectivity index (χ3n) is 9.44. The van der Waals surface area contributed by atoms with Crippen molar-refractivity contribution in [3.05, 3.63) is 163 Å². The standard InChI is InChI=1S/C38H37N.C9H7NO.Li/c1-37(2,3)35-29-19-13-14-20-30(29)36(38(4,5)6)32-25-28(21-22-31(32)35)39-33(26-15-9-7-10-16-26)23-24-34(39)27-17-11-8-12-18-27;11-8-5-1-3-7-4-2-6-10-9(7)8;/h7-25H,1-6H3;1-6,11H;/q;;+1. The summed E-state index contributed by atoms with van der Waals surface area (Å²) in [5.41, 5.74) is 9.51. The fraction of sp³-hybridized carbons (Fsp3) is 0.170. The summed E-state index contributed by atoms with van der Waals surface area (Å²) in [6.07, 6.45) is 1.75. The largest absolute Gasteiger partial charge is 1.00 e. The molecule has 0 saturated heterocycles. The Bertz CT molecular complexity index is 2390. The first kappa shape index (κ1) is 35.7. The molecular weight excluding hydrogens is 615 g/mol. The number of aromatic amines is 1. The number of fused-ring (bicyclic) bond motifs is 3. The van der Waals surface area contributed by atoms with Crippen molar-refractivity contribution in [1.29, 1.82) is 0 Å². The number of nitrogens with one attached hydrogen (secondary N) is 1. The summed E-state index contributed by atoms with van der Waals surface area (Å²) in [5, 5.41) is 17.5. The summed E-state index contributed by atoms with van der Waals surface area (Å²) in [7, 11) is 0. The molecule has 248 valence electrons. The van der Waals surface area contributed by atoms with E-state index in [0.717, 1.165) is 5.39 Å². The first-order valence-electron chi connectivity index (χ1n) is 17.4. The molecule has 0 fully saturated rings. The Morgan fingerprint density at radius 3 is 1.51 bits per heavy atom. The molecule has 4 heteroatoms. The minimum atomic E-state index is -0.0197. The maximum Gasteiger partial charge on any atom is 1.00 e. The van der Waals surface area contributed by atoms with Gasteiger partial charge >= 0.3 is 18.9 Å². The molecule has 6 aromatic carbocycles. The molecule has 3 nitrogen and oxygen atoms in total. The molecule has 2 heterocycles. The van der Waals surface area contributed by atoms with E-state index >= 15 is 0 Å². The number of hydrogen-bond donors (Lipinski definition) is 0. The van der Waals surface area contributed by atoms with Gasteiger partial charge in [-0.1, -0.05) is 145 Å². The number of pyridine rings is 1. The van der Waals surface area contributed by atoms with Gasteiger partial charge in [0.1, 0.15) is 0 Å². The Morgan fingerprint density at radius 2 is 0.980 bits per heavy atom. The molecule has 0 saturated carbocycles. The minimum Gasteiger partial charge on any atom is -0.868 e. The van der Waals surface area contributed by atoms with Crippen LogP contribution in [-0.4, -0.2) is 4.57 Å². The molecule has 0 aliphatic rings. The number of H-pyrrole nitrogens is 1. The summed E-state index contributed by atoms with van der Waals surface area (Å²) in [4.78, 5) is 2.91. The monoisotopic (exact) mass is 659 g/mol. The number of benzene rings is 6. The average Bonchev–Trinajstić information content (AvgIpc) is 3.56. The van der Waals surface area contributed by atoms with Crippen LogP contribution in [0.25, 0.3) is 60.6 Å². The van der Waals surface area contributed by atoms with E-state index < -0.39 is 0 Å². The molecular formula is C47H44LiN2O+. The van der Waals surface area contributed by atoms with Crippen molar-refractivity contribution in [3.63, 3.8) is 0 Å². The Morgan fingerprint density at radius 1 is 0.490 bits per heavy atom. The molecule has 8 rings (SSSR count). The zero-order valence-electron chi connectivity index (χ0n) is 30.8. The molecule has 0 spiro atoms. The van der Waals surface area contributed by atoms with E-state index in [-0.39, 0.29) is 35.4 Å². The van der Waals surface area contributed by atoms with E-state index in [1.165, 1.54) is 60.9 Å². The molecule has 0 atom stereocenters. The van der Waals surface area contributed by atoms with Crippen molar-refractivity contribution in [2.45, 2.75) is 52.4 Å². The van der Waals surface area contributed by atoms with Crippen LogP contribution in [0.4, 0.5) is 0 Å². The van der Waals surface area contributed by atoms with Crippen molar-refractivity contribution in [1.82, 2.24) is 4.57 Å². The van der Waals surface area contributed by atoms with Crippen LogP contribution >= 0.6 is 0 Å². The molecule has 1 N–H and O–H groups in total. The van der Waals surface area contributed by atoms with Crippen LogP contribution in [0.2, 0.25) is 0 Å². The summed E-state index contributed by atoms with van der Waals surface area (Å²) in [6.45, 7) is 14.1. The van der Waals surface area contributed by atoms with Gasteiger partial charge in [0.05, 0.1) is 11.4 Å². The zero-order chi connectivity index (χ0) is 35.0. The SMILES string of the molecule is CC(C)(C)c1c2ccccc2c(C(C)(C)C)c2cc(-n3c(-c4ccccc4)ccc3-c3ccccc3)ccc12.[Li+].[O-]c1cccc2ccc[nH+]c12. The Hall–Kier alpha value is -5.07. The smallest absolute Gasteiger partial charge is 0.868 e. The maximum atomic E-state index is 11.1. The number of rotatable bonds is 3. The van der Waals surface area contributed by atoms with Gasteiger partial charge in [0.15, 0.2) is 6.20 Å². The normalized spacial score (nSPS) is 11.6. The van der Waals surface area contributed by atoms with Crippen LogP contribution in [0.1, 0.15) is 52.7 Å². The van der Waals surface area contributed by atoms with Crippen LogP contribution in [0, 0.1) is 0 Å². The van der Waals surface area contributed by atoms with Gasteiger partial charge in [-0.05, 0) is 96.8 Å². The van der Waals surface area contributed by atoms with Crippen molar-refractivity contribution in [2.75, 3.05) is 0 Å². The van der Waals surface area contributed by atoms with E-state index in [2.05, 4.69) is 166 Å². The fourth-order valence-electron chi connectivity index (χ4n) is 7.43. The fourth-order valence-corrected chi connectivity index (χ4v) is 7.43. The molecule has 2 aromatic heterocycles. The minimum absolute atomic E-state index is 0. The number of para-hydroxylation sites is 1. The molecule has 0 radical (unpaired) electrons. The van der Waals surface area contributed by atoms with Crippen LogP contribution in [0.15, 0.2) is 152 Å². The van der Waals surface area contributed by atoms with Gasteiger partial charge in [-0.25, -0.2) is 4.98 Å².